The quantitative estimate of drug-likeness (QED) is 0.676. The molecule has 0 unspecified atom stereocenters. The largest absolute Gasteiger partial charge is 0.497 e. The fourth-order valence-corrected chi connectivity index (χ4v) is 2.54. The van der Waals surface area contributed by atoms with Crippen molar-refractivity contribution in [2.45, 2.75) is 26.2 Å². The molecule has 0 aromatic heterocycles. The van der Waals surface area contributed by atoms with Crippen LogP contribution in [-0.4, -0.2) is 27.4 Å². The van der Waals surface area contributed by atoms with Crippen molar-refractivity contribution in [3.63, 3.8) is 0 Å². The van der Waals surface area contributed by atoms with E-state index in [0.717, 1.165) is 29.4 Å². The smallest absolute Gasteiger partial charge is 0.142 e. The molecule has 24 heavy (non-hydrogen) atoms. The third-order valence-electron chi connectivity index (χ3n) is 4.14. The van der Waals surface area contributed by atoms with Gasteiger partial charge >= 0.3 is 0 Å². The van der Waals surface area contributed by atoms with Crippen LogP contribution < -0.4 is 19.5 Å². The predicted molar refractivity (Wildman–Crippen MR) is 98.7 cm³/mol. The van der Waals surface area contributed by atoms with Gasteiger partial charge in [-0.25, -0.2) is 0 Å². The Hall–Kier alpha value is -2.36. The van der Waals surface area contributed by atoms with Gasteiger partial charge in [0.2, 0.25) is 0 Å². The summed E-state index contributed by atoms with van der Waals surface area (Å²) in [5.74, 6) is 3.04. The summed E-state index contributed by atoms with van der Waals surface area (Å²) in [4.78, 5) is 0. The van der Waals surface area contributed by atoms with Crippen LogP contribution in [0.5, 0.6) is 17.2 Å². The van der Waals surface area contributed by atoms with Gasteiger partial charge in [-0.05, 0) is 36.1 Å². The first-order valence-corrected chi connectivity index (χ1v) is 8.37. The number of hydrogen-bond acceptors (Lipinski definition) is 4. The molecule has 130 valence electrons. The minimum Gasteiger partial charge on any atom is -0.497 e. The highest BCUT2D eigenvalue weighted by molar-refractivity contribution is 5.59. The van der Waals surface area contributed by atoms with Gasteiger partial charge in [0.15, 0.2) is 0 Å². The Morgan fingerprint density at radius 1 is 1.00 bits per heavy atom. The summed E-state index contributed by atoms with van der Waals surface area (Å²) in [7, 11) is 3.31. The molecular weight excluding hydrogens is 302 g/mol. The second-order valence-corrected chi connectivity index (χ2v) is 5.69. The van der Waals surface area contributed by atoms with Crippen LogP contribution in [0.2, 0.25) is 0 Å². The van der Waals surface area contributed by atoms with E-state index in [4.69, 9.17) is 14.2 Å². The third-order valence-corrected chi connectivity index (χ3v) is 4.14. The van der Waals surface area contributed by atoms with Crippen LogP contribution in [0.4, 0.5) is 5.69 Å². The van der Waals surface area contributed by atoms with Gasteiger partial charge in [-0.1, -0.05) is 32.0 Å². The normalized spacial score (nSPS) is 11.7. The highest BCUT2D eigenvalue weighted by Crippen LogP contribution is 2.30. The lowest BCUT2D eigenvalue weighted by Crippen LogP contribution is -2.13. The van der Waals surface area contributed by atoms with Gasteiger partial charge in [-0.2, -0.15) is 0 Å². The number of anilines is 1. The lowest BCUT2D eigenvalue weighted by atomic mass is 9.98. The van der Waals surface area contributed by atoms with Crippen LogP contribution in [0, 0.1) is 0 Å². The second kappa shape index (κ2) is 9.06. The van der Waals surface area contributed by atoms with Gasteiger partial charge in [-0.15, -0.1) is 0 Å². The second-order valence-electron chi connectivity index (χ2n) is 5.69. The molecule has 0 spiro atoms. The first-order valence-electron chi connectivity index (χ1n) is 8.37. The van der Waals surface area contributed by atoms with Crippen molar-refractivity contribution in [2.24, 2.45) is 0 Å². The van der Waals surface area contributed by atoms with Crippen molar-refractivity contribution in [3.8, 4) is 17.2 Å². The van der Waals surface area contributed by atoms with Crippen molar-refractivity contribution < 1.29 is 14.2 Å². The summed E-state index contributed by atoms with van der Waals surface area (Å²) in [6, 6.07) is 13.9. The lowest BCUT2D eigenvalue weighted by Gasteiger charge is -2.17. The maximum Gasteiger partial charge on any atom is 0.142 e. The van der Waals surface area contributed by atoms with E-state index in [0.29, 0.717) is 19.1 Å². The van der Waals surface area contributed by atoms with E-state index in [2.05, 4.69) is 31.3 Å². The van der Waals surface area contributed by atoms with Gasteiger partial charge in [0.05, 0.1) is 19.9 Å². The molecule has 1 atom stereocenters. The summed E-state index contributed by atoms with van der Waals surface area (Å²) in [6.07, 6.45) is 1.10. The van der Waals surface area contributed by atoms with Crippen LogP contribution in [0.25, 0.3) is 0 Å². The molecule has 0 aliphatic carbocycles. The van der Waals surface area contributed by atoms with Crippen molar-refractivity contribution in [2.75, 3.05) is 32.7 Å². The van der Waals surface area contributed by atoms with Crippen molar-refractivity contribution >= 4 is 5.69 Å². The Balaban J connectivity index is 1.94. The number of para-hydroxylation sites is 1. The number of benzene rings is 2. The number of ether oxygens (including phenoxy) is 3. The summed E-state index contributed by atoms with van der Waals surface area (Å²) in [5.41, 5.74) is 2.16. The molecule has 0 saturated heterocycles. The zero-order valence-electron chi connectivity index (χ0n) is 15.0. The molecule has 4 nitrogen and oxygen atoms in total. The highest BCUT2D eigenvalue weighted by atomic mass is 16.5. The predicted octanol–water partition coefficient (Wildman–Crippen LogP) is 4.71. The van der Waals surface area contributed by atoms with Crippen LogP contribution in [0.3, 0.4) is 0 Å². The van der Waals surface area contributed by atoms with Gasteiger partial charge in [0, 0.05) is 12.6 Å². The minimum atomic E-state index is 0.493. The Kier molecular flexibility index (Phi) is 6.79. The molecule has 0 fully saturated rings. The van der Waals surface area contributed by atoms with Crippen LogP contribution in [0.1, 0.15) is 31.7 Å². The van der Waals surface area contributed by atoms with Crippen molar-refractivity contribution in [1.29, 1.82) is 0 Å². The molecule has 0 saturated carbocycles. The topological polar surface area (TPSA) is 39.7 Å². The molecule has 2 aromatic carbocycles. The van der Waals surface area contributed by atoms with Crippen molar-refractivity contribution in [1.82, 2.24) is 0 Å². The zero-order chi connectivity index (χ0) is 17.4. The zero-order valence-corrected chi connectivity index (χ0v) is 15.0. The Morgan fingerprint density at radius 2 is 1.79 bits per heavy atom. The van der Waals surface area contributed by atoms with E-state index < -0.39 is 0 Å². The van der Waals surface area contributed by atoms with E-state index in [1.165, 1.54) is 5.56 Å². The molecule has 0 heterocycles. The van der Waals surface area contributed by atoms with E-state index in [1.807, 2.05) is 30.3 Å². The molecule has 0 radical (unpaired) electrons. The summed E-state index contributed by atoms with van der Waals surface area (Å²) in [6.45, 7) is 5.67. The van der Waals surface area contributed by atoms with E-state index in [1.54, 1.807) is 14.2 Å². The molecule has 2 aromatic rings. The number of methoxy groups -OCH3 is 2. The van der Waals surface area contributed by atoms with Gasteiger partial charge in [-0.3, -0.25) is 0 Å². The monoisotopic (exact) mass is 329 g/mol. The third kappa shape index (κ3) is 4.57. The fourth-order valence-electron chi connectivity index (χ4n) is 2.54. The van der Waals surface area contributed by atoms with E-state index in [9.17, 15) is 0 Å². The molecular formula is C20H27NO3. The Bertz CT molecular complexity index is 643. The van der Waals surface area contributed by atoms with E-state index >= 15 is 0 Å². The average Bonchev–Trinajstić information content (AvgIpc) is 2.64. The van der Waals surface area contributed by atoms with Gasteiger partial charge < -0.3 is 19.5 Å². The molecule has 4 heteroatoms. The van der Waals surface area contributed by atoms with Gasteiger partial charge in [0.25, 0.3) is 0 Å². The van der Waals surface area contributed by atoms with E-state index in [-0.39, 0.29) is 0 Å². The molecule has 0 bridgehead atoms. The SMILES string of the molecule is CC[C@@H](C)c1ccccc1OCCNc1cc(OC)ccc1OC. The molecule has 0 aliphatic rings. The molecule has 2 rings (SSSR count). The maximum atomic E-state index is 5.98. The Morgan fingerprint density at radius 3 is 2.50 bits per heavy atom. The highest BCUT2D eigenvalue weighted by Gasteiger charge is 2.09. The Labute approximate surface area is 144 Å². The van der Waals surface area contributed by atoms with Crippen molar-refractivity contribution in [3.05, 3.63) is 48.0 Å². The fraction of sp³-hybridized carbons (Fsp3) is 0.400. The maximum absolute atomic E-state index is 5.98. The van der Waals surface area contributed by atoms with Crippen LogP contribution >= 0.6 is 0 Å². The lowest BCUT2D eigenvalue weighted by molar-refractivity contribution is 0.327. The molecule has 0 amide bonds. The first-order chi connectivity index (χ1) is 11.7. The average molecular weight is 329 g/mol. The summed E-state index contributed by atoms with van der Waals surface area (Å²) < 4.78 is 16.6. The summed E-state index contributed by atoms with van der Waals surface area (Å²) >= 11 is 0. The standard InChI is InChI=1S/C20H27NO3/c1-5-15(2)17-8-6-7-9-19(17)24-13-12-21-18-14-16(22-3)10-11-20(18)23-4/h6-11,14-15,21H,5,12-13H2,1-4H3/t15-/m1/s1. The summed E-state index contributed by atoms with van der Waals surface area (Å²) in [5, 5.41) is 3.34. The number of nitrogens with one attached hydrogen (secondary N) is 1. The molecule has 1 N–H and O–H groups in total. The molecule has 0 aliphatic heterocycles. The van der Waals surface area contributed by atoms with Gasteiger partial charge in [0.1, 0.15) is 23.9 Å². The number of rotatable bonds is 9. The first kappa shape index (κ1) is 18.0. The minimum absolute atomic E-state index is 0.493. The van der Waals surface area contributed by atoms with Crippen LogP contribution in [0.15, 0.2) is 42.5 Å². The van der Waals surface area contributed by atoms with Crippen LogP contribution in [-0.2, 0) is 0 Å². The number of hydrogen-bond donors (Lipinski definition) is 1.